The Morgan fingerprint density at radius 3 is 2.06 bits per heavy atom. The van der Waals surface area contributed by atoms with Crippen LogP contribution >= 0.6 is 11.8 Å². The lowest BCUT2D eigenvalue weighted by atomic mass is 10.3. The van der Waals surface area contributed by atoms with Crippen molar-refractivity contribution in [3.8, 4) is 0 Å². The van der Waals surface area contributed by atoms with Crippen molar-refractivity contribution in [3.05, 3.63) is 12.7 Å². The Balaban J connectivity index is 5.19. The smallest absolute Gasteiger partial charge is 0.326 e. The van der Waals surface area contributed by atoms with Crippen LogP contribution in [0.4, 0.5) is 0 Å². The summed E-state index contributed by atoms with van der Waals surface area (Å²) in [5.41, 5.74) is 0. The van der Waals surface area contributed by atoms with Gasteiger partial charge in [0.05, 0.1) is 0 Å². The van der Waals surface area contributed by atoms with Crippen LogP contribution in [0.5, 0.6) is 0 Å². The third-order valence-electron chi connectivity index (χ3n) is 1.48. The Kier molecular flexibility index (Phi) is 5.48. The van der Waals surface area contributed by atoms with Crippen molar-refractivity contribution in [2.45, 2.75) is 10.5 Å². The molecule has 0 aliphatic rings. The van der Waals surface area contributed by atoms with Gasteiger partial charge in [0.15, 0.2) is 0 Å². The van der Waals surface area contributed by atoms with Crippen molar-refractivity contribution in [1.29, 1.82) is 0 Å². The summed E-state index contributed by atoms with van der Waals surface area (Å²) in [7, 11) is -4.97. The second-order valence-electron chi connectivity index (χ2n) is 2.65. The molecule has 0 saturated carbocycles. The van der Waals surface area contributed by atoms with Crippen LogP contribution in [0.15, 0.2) is 12.7 Å². The van der Waals surface area contributed by atoms with Gasteiger partial charge < -0.3 is 10.2 Å². The summed E-state index contributed by atoms with van der Waals surface area (Å²) in [6, 6.07) is 0. The summed E-state index contributed by atoms with van der Waals surface area (Å²) < 4.78 is 30.2. The van der Waals surface area contributed by atoms with Crippen LogP contribution in [-0.4, -0.2) is 51.4 Å². The summed E-state index contributed by atoms with van der Waals surface area (Å²) >= 11 is 0.555. The molecule has 7 nitrogen and oxygen atoms in total. The molecule has 0 aromatic heterocycles. The van der Waals surface area contributed by atoms with Gasteiger partial charge in [-0.2, -0.15) is 8.42 Å². The molecule has 0 aromatic rings. The van der Waals surface area contributed by atoms with E-state index in [9.17, 15) is 18.0 Å². The van der Waals surface area contributed by atoms with Gasteiger partial charge in [0.25, 0.3) is 10.1 Å². The average Bonchev–Trinajstić information content (AvgIpc) is 2.08. The number of hydrogen-bond donors (Lipinski definition) is 3. The molecular weight excluding hydrogens is 260 g/mol. The lowest BCUT2D eigenvalue weighted by Crippen LogP contribution is -2.43. The van der Waals surface area contributed by atoms with Crippen molar-refractivity contribution < 1.29 is 32.8 Å². The van der Waals surface area contributed by atoms with E-state index in [1.807, 2.05) is 0 Å². The van der Waals surface area contributed by atoms with Crippen LogP contribution in [0.1, 0.15) is 0 Å². The third-order valence-corrected chi connectivity index (χ3v) is 4.03. The number of thioether (sulfide) groups is 1. The van der Waals surface area contributed by atoms with E-state index in [1.165, 1.54) is 6.08 Å². The fourth-order valence-corrected chi connectivity index (χ4v) is 2.99. The molecule has 0 heterocycles. The van der Waals surface area contributed by atoms with Crippen molar-refractivity contribution in [2.24, 2.45) is 0 Å². The van der Waals surface area contributed by atoms with Gasteiger partial charge >= 0.3 is 11.9 Å². The molecule has 0 spiro atoms. The van der Waals surface area contributed by atoms with Gasteiger partial charge in [0.1, 0.15) is 5.25 Å². The van der Waals surface area contributed by atoms with E-state index in [0.29, 0.717) is 11.8 Å². The standard InChI is InChI=1S/C7H10O7S2/c1-2-3-15-4(6(8)9)5(7(10)11)16(12,13)14/h2,4-5H,1,3H2,(H,8,9)(H,10,11)(H,12,13,14). The predicted octanol–water partition coefficient (Wildman–Crippen LogP) is -0.300. The minimum atomic E-state index is -4.97. The molecule has 0 amide bonds. The maximum atomic E-state index is 10.8. The van der Waals surface area contributed by atoms with Gasteiger partial charge in [-0.3, -0.25) is 14.1 Å². The summed E-state index contributed by atoms with van der Waals surface area (Å²) in [5, 5.41) is 13.1. The fraction of sp³-hybridized carbons (Fsp3) is 0.429. The maximum absolute atomic E-state index is 10.8. The van der Waals surface area contributed by atoms with Crippen LogP contribution in [0.2, 0.25) is 0 Å². The number of aliphatic carboxylic acids is 2. The zero-order chi connectivity index (χ0) is 12.9. The van der Waals surface area contributed by atoms with Gasteiger partial charge in [-0.15, -0.1) is 18.3 Å². The molecule has 16 heavy (non-hydrogen) atoms. The van der Waals surface area contributed by atoms with E-state index in [2.05, 4.69) is 6.58 Å². The first kappa shape index (κ1) is 14.9. The number of hydrogen-bond acceptors (Lipinski definition) is 5. The van der Waals surface area contributed by atoms with E-state index in [0.717, 1.165) is 0 Å². The second-order valence-corrected chi connectivity index (χ2v) is 5.37. The minimum absolute atomic E-state index is 0.0519. The Hall–Kier alpha value is -1.06. The minimum Gasteiger partial charge on any atom is -0.480 e. The zero-order valence-corrected chi connectivity index (χ0v) is 9.57. The fourth-order valence-electron chi connectivity index (χ4n) is 0.873. The van der Waals surface area contributed by atoms with Crippen LogP contribution in [0, 0.1) is 0 Å². The Morgan fingerprint density at radius 2 is 1.81 bits per heavy atom. The highest BCUT2D eigenvalue weighted by atomic mass is 32.2. The second kappa shape index (κ2) is 5.87. The van der Waals surface area contributed by atoms with Crippen LogP contribution < -0.4 is 0 Å². The first-order valence-electron chi connectivity index (χ1n) is 3.86. The average molecular weight is 270 g/mol. The molecule has 0 saturated heterocycles. The molecule has 2 unspecified atom stereocenters. The molecule has 2 atom stereocenters. The van der Waals surface area contributed by atoms with E-state index in [-0.39, 0.29) is 5.75 Å². The number of carboxylic acid groups (broad SMARTS) is 2. The summed E-state index contributed by atoms with van der Waals surface area (Å²) in [4.78, 5) is 21.3. The van der Waals surface area contributed by atoms with Crippen molar-refractivity contribution >= 4 is 33.8 Å². The Morgan fingerprint density at radius 1 is 1.31 bits per heavy atom. The predicted molar refractivity (Wildman–Crippen MR) is 57.1 cm³/mol. The first-order valence-corrected chi connectivity index (χ1v) is 6.41. The van der Waals surface area contributed by atoms with Gasteiger partial charge in [0, 0.05) is 5.75 Å². The molecule has 9 heteroatoms. The Labute approximate surface area is 95.9 Å². The topological polar surface area (TPSA) is 129 Å². The summed E-state index contributed by atoms with van der Waals surface area (Å²) in [6.07, 6.45) is 1.30. The normalized spacial score (nSPS) is 15.1. The SMILES string of the molecule is C=CCSC(C(=O)O)C(C(=O)O)S(=O)(=O)O. The number of carbonyl (C=O) groups is 2. The van der Waals surface area contributed by atoms with Gasteiger partial charge in [0.2, 0.25) is 5.25 Å². The molecular formula is C7H10O7S2. The van der Waals surface area contributed by atoms with Crippen molar-refractivity contribution in [3.63, 3.8) is 0 Å². The van der Waals surface area contributed by atoms with Crippen molar-refractivity contribution in [1.82, 2.24) is 0 Å². The largest absolute Gasteiger partial charge is 0.480 e. The number of rotatable bonds is 7. The van der Waals surface area contributed by atoms with Gasteiger partial charge in [-0.25, -0.2) is 0 Å². The van der Waals surface area contributed by atoms with Crippen LogP contribution in [0.25, 0.3) is 0 Å². The van der Waals surface area contributed by atoms with Gasteiger partial charge in [-0.1, -0.05) is 6.08 Å². The molecule has 3 N–H and O–H groups in total. The molecule has 0 aromatic carbocycles. The van der Waals surface area contributed by atoms with Crippen LogP contribution in [0.3, 0.4) is 0 Å². The van der Waals surface area contributed by atoms with E-state index in [1.54, 1.807) is 0 Å². The summed E-state index contributed by atoms with van der Waals surface area (Å²) in [6.45, 7) is 3.29. The molecule has 92 valence electrons. The van der Waals surface area contributed by atoms with Gasteiger partial charge in [-0.05, 0) is 0 Å². The first-order chi connectivity index (χ1) is 7.21. The monoisotopic (exact) mass is 270 g/mol. The maximum Gasteiger partial charge on any atom is 0.326 e. The number of carboxylic acids is 2. The van der Waals surface area contributed by atoms with Crippen LogP contribution in [-0.2, 0) is 19.7 Å². The van der Waals surface area contributed by atoms with E-state index < -0.39 is 32.6 Å². The molecule has 0 aliphatic carbocycles. The lowest BCUT2D eigenvalue weighted by Gasteiger charge is -2.16. The Bertz CT molecular complexity index is 386. The van der Waals surface area contributed by atoms with Crippen molar-refractivity contribution in [2.75, 3.05) is 5.75 Å². The molecule has 0 aliphatic heterocycles. The zero-order valence-electron chi connectivity index (χ0n) is 7.94. The molecule has 0 fully saturated rings. The highest BCUT2D eigenvalue weighted by Gasteiger charge is 2.43. The third kappa shape index (κ3) is 4.21. The highest BCUT2D eigenvalue weighted by molar-refractivity contribution is 8.01. The molecule has 0 radical (unpaired) electrons. The summed E-state index contributed by atoms with van der Waals surface area (Å²) in [5.74, 6) is -3.49. The highest BCUT2D eigenvalue weighted by Crippen LogP contribution is 2.20. The van der Waals surface area contributed by atoms with E-state index in [4.69, 9.17) is 14.8 Å². The quantitative estimate of drug-likeness (QED) is 0.424. The lowest BCUT2D eigenvalue weighted by molar-refractivity contribution is -0.142. The molecule has 0 bridgehead atoms. The molecule has 0 rings (SSSR count). The van der Waals surface area contributed by atoms with E-state index >= 15 is 0 Å².